The summed E-state index contributed by atoms with van der Waals surface area (Å²) in [6.07, 6.45) is 0. The second-order valence-electron chi connectivity index (χ2n) is 5.59. The summed E-state index contributed by atoms with van der Waals surface area (Å²) >= 11 is 0. The number of hydrogen-bond acceptors (Lipinski definition) is 3. The summed E-state index contributed by atoms with van der Waals surface area (Å²) < 4.78 is 10.4. The van der Waals surface area contributed by atoms with Crippen LogP contribution in [0.5, 0.6) is 11.5 Å². The van der Waals surface area contributed by atoms with Crippen LogP contribution in [0, 0.1) is 0 Å². The van der Waals surface area contributed by atoms with Crippen LogP contribution < -0.4 is 20.1 Å². The van der Waals surface area contributed by atoms with Gasteiger partial charge in [-0.15, -0.1) is 0 Å². The van der Waals surface area contributed by atoms with Crippen LogP contribution in [-0.2, 0) is 0 Å². The molecule has 0 heterocycles. The van der Waals surface area contributed by atoms with Crippen LogP contribution in [0.1, 0.15) is 0 Å². The molecule has 0 bridgehead atoms. The Morgan fingerprint density at radius 1 is 0.769 bits per heavy atom. The number of urea groups is 1. The standard InChI is InChI=1S/C21H20N2O3/c1-25-18-12-13-20(26-2)19(14-18)23-21(24)22-17-10-8-16(9-11-17)15-6-4-3-5-7-15/h3-14H,1-2H3,(H2,22,23,24). The van der Waals surface area contributed by atoms with E-state index in [1.165, 1.54) is 0 Å². The fourth-order valence-corrected chi connectivity index (χ4v) is 2.57. The monoisotopic (exact) mass is 348 g/mol. The van der Waals surface area contributed by atoms with Crippen molar-refractivity contribution in [2.45, 2.75) is 0 Å². The Balaban J connectivity index is 1.69. The van der Waals surface area contributed by atoms with Crippen LogP contribution in [-0.4, -0.2) is 20.3 Å². The van der Waals surface area contributed by atoms with Gasteiger partial charge >= 0.3 is 6.03 Å². The topological polar surface area (TPSA) is 59.6 Å². The van der Waals surface area contributed by atoms with Crippen LogP contribution in [0.4, 0.5) is 16.2 Å². The van der Waals surface area contributed by atoms with Crippen LogP contribution in [0.25, 0.3) is 11.1 Å². The Kier molecular flexibility index (Phi) is 5.39. The molecule has 5 heteroatoms. The molecule has 0 unspecified atom stereocenters. The summed E-state index contributed by atoms with van der Waals surface area (Å²) in [5.74, 6) is 1.19. The van der Waals surface area contributed by atoms with E-state index < -0.39 is 0 Å². The van der Waals surface area contributed by atoms with E-state index >= 15 is 0 Å². The molecule has 0 radical (unpaired) electrons. The highest BCUT2D eigenvalue weighted by Gasteiger charge is 2.09. The Labute approximate surface area is 152 Å². The largest absolute Gasteiger partial charge is 0.497 e. The van der Waals surface area contributed by atoms with Gasteiger partial charge in [0.25, 0.3) is 0 Å². The molecule has 0 aliphatic rings. The predicted octanol–water partition coefficient (Wildman–Crippen LogP) is 5.01. The number of ether oxygens (including phenoxy) is 2. The average molecular weight is 348 g/mol. The van der Waals surface area contributed by atoms with Crippen LogP contribution in [0.3, 0.4) is 0 Å². The molecule has 0 saturated heterocycles. The highest BCUT2D eigenvalue weighted by molar-refractivity contribution is 6.01. The van der Waals surface area contributed by atoms with Crippen molar-refractivity contribution >= 4 is 17.4 Å². The van der Waals surface area contributed by atoms with Crippen molar-refractivity contribution < 1.29 is 14.3 Å². The van der Waals surface area contributed by atoms with E-state index in [9.17, 15) is 4.79 Å². The summed E-state index contributed by atoms with van der Waals surface area (Å²) in [5.41, 5.74) is 3.45. The van der Waals surface area contributed by atoms with Gasteiger partial charge in [0.05, 0.1) is 19.9 Å². The fourth-order valence-electron chi connectivity index (χ4n) is 2.57. The van der Waals surface area contributed by atoms with Crippen molar-refractivity contribution in [2.75, 3.05) is 24.9 Å². The van der Waals surface area contributed by atoms with E-state index in [1.54, 1.807) is 32.4 Å². The van der Waals surface area contributed by atoms with Gasteiger partial charge in [-0.25, -0.2) is 4.79 Å². The molecular weight excluding hydrogens is 328 g/mol. The lowest BCUT2D eigenvalue weighted by atomic mass is 10.1. The van der Waals surface area contributed by atoms with Gasteiger partial charge in [-0.2, -0.15) is 0 Å². The molecule has 2 N–H and O–H groups in total. The zero-order valence-corrected chi connectivity index (χ0v) is 14.7. The van der Waals surface area contributed by atoms with E-state index in [4.69, 9.17) is 9.47 Å². The first kappa shape index (κ1) is 17.4. The molecule has 2 amide bonds. The third kappa shape index (κ3) is 4.13. The lowest BCUT2D eigenvalue weighted by Crippen LogP contribution is -2.19. The predicted molar refractivity (Wildman–Crippen MR) is 104 cm³/mol. The maximum Gasteiger partial charge on any atom is 0.323 e. The van der Waals surface area contributed by atoms with Crippen LogP contribution in [0.2, 0.25) is 0 Å². The number of amides is 2. The molecule has 3 rings (SSSR count). The van der Waals surface area contributed by atoms with Crippen molar-refractivity contribution in [3.8, 4) is 22.6 Å². The highest BCUT2D eigenvalue weighted by Crippen LogP contribution is 2.29. The number of anilines is 2. The third-order valence-corrected chi connectivity index (χ3v) is 3.90. The molecule has 0 spiro atoms. The number of methoxy groups -OCH3 is 2. The molecule has 3 aromatic rings. The highest BCUT2D eigenvalue weighted by atomic mass is 16.5. The summed E-state index contributed by atoms with van der Waals surface area (Å²) in [4.78, 5) is 12.3. The maximum atomic E-state index is 12.3. The first-order chi connectivity index (χ1) is 12.7. The van der Waals surface area contributed by atoms with Gasteiger partial charge in [0.15, 0.2) is 0 Å². The van der Waals surface area contributed by atoms with E-state index in [1.807, 2.05) is 54.6 Å². The zero-order chi connectivity index (χ0) is 18.4. The Bertz CT molecular complexity index is 878. The molecule has 26 heavy (non-hydrogen) atoms. The lowest BCUT2D eigenvalue weighted by molar-refractivity contribution is 0.262. The zero-order valence-electron chi connectivity index (χ0n) is 14.7. The molecule has 0 saturated carbocycles. The van der Waals surface area contributed by atoms with Crippen LogP contribution in [0.15, 0.2) is 72.8 Å². The number of nitrogens with one attached hydrogen (secondary N) is 2. The second-order valence-corrected chi connectivity index (χ2v) is 5.59. The molecule has 0 aliphatic carbocycles. The van der Waals surface area contributed by atoms with E-state index in [-0.39, 0.29) is 6.03 Å². The van der Waals surface area contributed by atoms with E-state index in [2.05, 4.69) is 10.6 Å². The summed E-state index contributed by atoms with van der Waals surface area (Å²) in [7, 11) is 3.12. The Morgan fingerprint density at radius 2 is 1.46 bits per heavy atom. The summed E-state index contributed by atoms with van der Waals surface area (Å²) in [6, 6.07) is 22.6. The third-order valence-electron chi connectivity index (χ3n) is 3.90. The van der Waals surface area contributed by atoms with Gasteiger partial charge in [-0.05, 0) is 35.4 Å². The molecule has 0 atom stereocenters. The SMILES string of the molecule is COc1ccc(OC)c(NC(=O)Nc2ccc(-c3ccccc3)cc2)c1. The smallest absolute Gasteiger partial charge is 0.323 e. The number of rotatable bonds is 5. The minimum Gasteiger partial charge on any atom is -0.497 e. The van der Waals surface area contributed by atoms with Crippen molar-refractivity contribution in [1.29, 1.82) is 0 Å². The van der Waals surface area contributed by atoms with Gasteiger partial charge in [0.1, 0.15) is 11.5 Å². The van der Waals surface area contributed by atoms with E-state index in [0.717, 1.165) is 11.1 Å². The summed E-state index contributed by atoms with van der Waals surface area (Å²) in [6.45, 7) is 0. The number of benzene rings is 3. The fraction of sp³-hybridized carbons (Fsp3) is 0.0952. The maximum absolute atomic E-state index is 12.3. The van der Waals surface area contributed by atoms with Crippen molar-refractivity contribution in [3.63, 3.8) is 0 Å². The minimum absolute atomic E-state index is 0.357. The van der Waals surface area contributed by atoms with Crippen molar-refractivity contribution in [1.82, 2.24) is 0 Å². The molecule has 3 aromatic carbocycles. The molecule has 0 fully saturated rings. The Hall–Kier alpha value is -3.47. The normalized spacial score (nSPS) is 10.1. The van der Waals surface area contributed by atoms with Gasteiger partial charge in [0, 0.05) is 11.8 Å². The molecular formula is C21H20N2O3. The first-order valence-corrected chi connectivity index (χ1v) is 8.15. The quantitative estimate of drug-likeness (QED) is 0.681. The van der Waals surface area contributed by atoms with Gasteiger partial charge in [-0.1, -0.05) is 42.5 Å². The summed E-state index contributed by atoms with van der Waals surface area (Å²) in [5, 5.41) is 5.59. The van der Waals surface area contributed by atoms with Gasteiger partial charge in [-0.3, -0.25) is 0 Å². The second kappa shape index (κ2) is 8.07. The van der Waals surface area contributed by atoms with Gasteiger partial charge < -0.3 is 20.1 Å². The first-order valence-electron chi connectivity index (χ1n) is 8.15. The van der Waals surface area contributed by atoms with Crippen LogP contribution >= 0.6 is 0 Å². The van der Waals surface area contributed by atoms with Crippen molar-refractivity contribution in [2.24, 2.45) is 0 Å². The van der Waals surface area contributed by atoms with Crippen molar-refractivity contribution in [3.05, 3.63) is 72.8 Å². The lowest BCUT2D eigenvalue weighted by Gasteiger charge is -2.12. The molecule has 132 valence electrons. The van der Waals surface area contributed by atoms with Gasteiger partial charge in [0.2, 0.25) is 0 Å². The number of hydrogen-bond donors (Lipinski definition) is 2. The molecule has 0 aliphatic heterocycles. The number of carbonyl (C=O) groups is 1. The molecule has 5 nitrogen and oxygen atoms in total. The molecule has 0 aromatic heterocycles. The Morgan fingerprint density at radius 3 is 2.12 bits per heavy atom. The minimum atomic E-state index is -0.357. The number of carbonyl (C=O) groups excluding carboxylic acids is 1. The average Bonchev–Trinajstić information content (AvgIpc) is 2.69. The van der Waals surface area contributed by atoms with E-state index in [0.29, 0.717) is 22.9 Å².